The minimum Gasteiger partial charge on any atom is -0.480 e. The molecule has 0 fully saturated rings. The van der Waals surface area contributed by atoms with E-state index in [0.717, 1.165) is 17.0 Å². The molecular weight excluding hydrogens is 327 g/mol. The molecular formula is C16H8F3NO4. The van der Waals surface area contributed by atoms with Crippen LogP contribution in [0.1, 0.15) is 10.4 Å². The number of anilines is 1. The maximum atomic E-state index is 13.3. The maximum Gasteiger partial charge on any atom is 0.323 e. The number of fused-ring (bicyclic) bond motifs is 1. The zero-order valence-corrected chi connectivity index (χ0v) is 11.8. The minimum atomic E-state index is -1.61. The molecule has 0 saturated carbocycles. The van der Waals surface area contributed by atoms with Crippen LogP contribution in [0.25, 0.3) is 11.1 Å². The highest BCUT2D eigenvalue weighted by Gasteiger charge is 2.37. The third-order valence-electron chi connectivity index (χ3n) is 3.58. The average Bonchev–Trinajstić information content (AvgIpc) is 2.76. The molecule has 1 N–H and O–H groups in total. The minimum absolute atomic E-state index is 0.0221. The second-order valence-corrected chi connectivity index (χ2v) is 5.10. The number of ketones is 1. The lowest BCUT2D eigenvalue weighted by Gasteiger charge is -2.13. The number of Topliss-reactive ketones (excluding diaryl/α,β-unsaturated/α-hetero) is 1. The van der Waals surface area contributed by atoms with Gasteiger partial charge in [-0.1, -0.05) is 6.07 Å². The van der Waals surface area contributed by atoms with Gasteiger partial charge in [0.15, 0.2) is 17.5 Å². The van der Waals surface area contributed by atoms with Crippen LogP contribution in [0.15, 0.2) is 30.3 Å². The second kappa shape index (κ2) is 5.48. The summed E-state index contributed by atoms with van der Waals surface area (Å²) in [7, 11) is 0. The van der Waals surface area contributed by atoms with E-state index in [1.54, 1.807) is 0 Å². The van der Waals surface area contributed by atoms with Crippen LogP contribution < -0.4 is 4.90 Å². The first-order chi connectivity index (χ1) is 11.3. The van der Waals surface area contributed by atoms with Crippen LogP contribution in [0, 0.1) is 17.5 Å². The van der Waals surface area contributed by atoms with Gasteiger partial charge in [0, 0.05) is 0 Å². The number of benzene rings is 2. The lowest BCUT2D eigenvalue weighted by molar-refractivity contribution is -0.136. The lowest BCUT2D eigenvalue weighted by Crippen LogP contribution is -2.34. The normalized spacial score (nSPS) is 13.4. The molecule has 5 nitrogen and oxygen atoms in total. The Kier molecular flexibility index (Phi) is 3.59. The smallest absolute Gasteiger partial charge is 0.323 e. The van der Waals surface area contributed by atoms with Crippen LogP contribution in [0.3, 0.4) is 0 Å². The predicted molar refractivity (Wildman–Crippen MR) is 76.1 cm³/mol. The number of carbonyl (C=O) groups excluding carboxylic acids is 2. The molecule has 1 amide bonds. The average molecular weight is 335 g/mol. The summed E-state index contributed by atoms with van der Waals surface area (Å²) in [5.74, 6) is -7.60. The highest BCUT2D eigenvalue weighted by Crippen LogP contribution is 2.33. The van der Waals surface area contributed by atoms with E-state index in [2.05, 4.69) is 0 Å². The third kappa shape index (κ3) is 2.41. The van der Waals surface area contributed by atoms with Crippen molar-refractivity contribution in [3.8, 4) is 11.1 Å². The molecule has 0 saturated heterocycles. The summed E-state index contributed by atoms with van der Waals surface area (Å²) in [6, 6.07) is 5.39. The Bertz CT molecular complexity index is 887. The quantitative estimate of drug-likeness (QED) is 0.690. The van der Waals surface area contributed by atoms with E-state index < -0.39 is 41.7 Å². The van der Waals surface area contributed by atoms with Gasteiger partial charge < -0.3 is 5.11 Å². The second-order valence-electron chi connectivity index (χ2n) is 5.10. The van der Waals surface area contributed by atoms with E-state index >= 15 is 0 Å². The summed E-state index contributed by atoms with van der Waals surface area (Å²) in [5, 5.41) is 8.80. The maximum absolute atomic E-state index is 13.3. The summed E-state index contributed by atoms with van der Waals surface area (Å²) in [6.07, 6.45) is 0. The van der Waals surface area contributed by atoms with Gasteiger partial charge in [0.25, 0.3) is 11.7 Å². The van der Waals surface area contributed by atoms with Crippen LogP contribution >= 0.6 is 0 Å². The fraction of sp³-hybridized carbons (Fsp3) is 0.0625. The number of nitrogens with zero attached hydrogens (tertiary/aromatic N) is 1. The number of carbonyl (C=O) groups is 3. The van der Waals surface area contributed by atoms with Crippen molar-refractivity contribution in [2.24, 2.45) is 0 Å². The monoisotopic (exact) mass is 335 g/mol. The van der Waals surface area contributed by atoms with E-state index in [1.165, 1.54) is 18.2 Å². The number of rotatable bonds is 3. The van der Waals surface area contributed by atoms with Crippen molar-refractivity contribution in [1.82, 2.24) is 0 Å². The van der Waals surface area contributed by atoms with Gasteiger partial charge in [-0.25, -0.2) is 13.2 Å². The molecule has 122 valence electrons. The topological polar surface area (TPSA) is 74.7 Å². The fourth-order valence-electron chi connectivity index (χ4n) is 2.49. The van der Waals surface area contributed by atoms with E-state index in [9.17, 15) is 27.6 Å². The summed E-state index contributed by atoms with van der Waals surface area (Å²) < 4.78 is 39.7. The van der Waals surface area contributed by atoms with Gasteiger partial charge in [0.05, 0.1) is 11.3 Å². The Morgan fingerprint density at radius 1 is 1.00 bits per heavy atom. The Balaban J connectivity index is 2.09. The van der Waals surface area contributed by atoms with E-state index in [-0.39, 0.29) is 22.4 Å². The number of carboxylic acids is 1. The van der Waals surface area contributed by atoms with Gasteiger partial charge in [-0.05, 0) is 35.4 Å². The van der Waals surface area contributed by atoms with E-state index in [4.69, 9.17) is 5.11 Å². The van der Waals surface area contributed by atoms with Crippen LogP contribution in [-0.2, 0) is 9.59 Å². The molecule has 1 aliphatic heterocycles. The molecule has 1 heterocycles. The molecule has 8 heteroatoms. The lowest BCUT2D eigenvalue weighted by atomic mass is 10.0. The SMILES string of the molecule is O=C(O)CN1C(=O)C(=O)c2cc(-c3cc(F)c(F)c(F)c3)ccc21. The molecule has 0 radical (unpaired) electrons. The Morgan fingerprint density at radius 2 is 1.62 bits per heavy atom. The van der Waals surface area contributed by atoms with Gasteiger partial charge in [-0.15, -0.1) is 0 Å². The molecule has 0 bridgehead atoms. The van der Waals surface area contributed by atoms with Crippen molar-refractivity contribution in [3.63, 3.8) is 0 Å². The zero-order valence-electron chi connectivity index (χ0n) is 11.8. The molecule has 2 aromatic carbocycles. The fourth-order valence-corrected chi connectivity index (χ4v) is 2.49. The molecule has 1 aliphatic rings. The third-order valence-corrected chi connectivity index (χ3v) is 3.58. The van der Waals surface area contributed by atoms with Crippen molar-refractivity contribution >= 4 is 23.3 Å². The zero-order chi connectivity index (χ0) is 17.6. The van der Waals surface area contributed by atoms with E-state index in [0.29, 0.717) is 0 Å². The summed E-state index contributed by atoms with van der Waals surface area (Å²) in [6.45, 7) is -0.684. The van der Waals surface area contributed by atoms with Crippen LogP contribution in [0.2, 0.25) is 0 Å². The number of hydrogen-bond acceptors (Lipinski definition) is 3. The van der Waals surface area contributed by atoms with Gasteiger partial charge in [-0.2, -0.15) is 0 Å². The first-order valence-corrected chi connectivity index (χ1v) is 6.66. The molecule has 24 heavy (non-hydrogen) atoms. The van der Waals surface area contributed by atoms with Crippen molar-refractivity contribution in [3.05, 3.63) is 53.3 Å². The Hall–Kier alpha value is -3.16. The van der Waals surface area contributed by atoms with Crippen molar-refractivity contribution in [2.45, 2.75) is 0 Å². The standard InChI is InChI=1S/C16H8F3NO4/c17-10-4-8(5-11(18)14(10)19)7-1-2-12-9(3-7)15(23)16(24)20(12)6-13(21)22/h1-5H,6H2,(H,21,22). The van der Waals surface area contributed by atoms with Crippen molar-refractivity contribution in [2.75, 3.05) is 11.4 Å². The number of amides is 1. The van der Waals surface area contributed by atoms with Crippen molar-refractivity contribution < 1.29 is 32.7 Å². The molecule has 0 unspecified atom stereocenters. The van der Waals surface area contributed by atoms with E-state index in [1.807, 2.05) is 0 Å². The Morgan fingerprint density at radius 3 is 2.21 bits per heavy atom. The molecule has 0 atom stereocenters. The van der Waals surface area contributed by atoms with Crippen molar-refractivity contribution in [1.29, 1.82) is 0 Å². The number of aliphatic carboxylic acids is 1. The van der Waals surface area contributed by atoms with Crippen LogP contribution in [0.5, 0.6) is 0 Å². The van der Waals surface area contributed by atoms with Gasteiger partial charge in [0.2, 0.25) is 0 Å². The predicted octanol–water partition coefficient (Wildman–Crippen LogP) is 2.38. The summed E-state index contributed by atoms with van der Waals surface area (Å²) in [4.78, 5) is 35.4. The molecule has 3 rings (SSSR count). The summed E-state index contributed by atoms with van der Waals surface area (Å²) in [5.41, 5.74) is 0.180. The molecule has 0 aliphatic carbocycles. The molecule has 0 aromatic heterocycles. The number of carboxylic acid groups (broad SMARTS) is 1. The van der Waals surface area contributed by atoms with Crippen LogP contribution in [0.4, 0.5) is 18.9 Å². The largest absolute Gasteiger partial charge is 0.480 e. The highest BCUT2D eigenvalue weighted by atomic mass is 19.2. The van der Waals surface area contributed by atoms with Gasteiger partial charge >= 0.3 is 5.97 Å². The van der Waals surface area contributed by atoms with Gasteiger partial charge in [0.1, 0.15) is 6.54 Å². The van der Waals surface area contributed by atoms with Crippen LogP contribution in [-0.4, -0.2) is 29.3 Å². The Labute approximate surface area is 132 Å². The molecule has 0 spiro atoms. The first-order valence-electron chi connectivity index (χ1n) is 6.66. The van der Waals surface area contributed by atoms with Gasteiger partial charge in [-0.3, -0.25) is 19.3 Å². The number of hydrogen-bond donors (Lipinski definition) is 1. The highest BCUT2D eigenvalue weighted by molar-refractivity contribution is 6.52. The molecule has 2 aromatic rings. The first kappa shape index (κ1) is 15.7. The number of halogens is 3. The summed E-state index contributed by atoms with van der Waals surface area (Å²) >= 11 is 0.